The Labute approximate surface area is 110 Å². The molecule has 0 radical (unpaired) electrons. The number of furan rings is 1. The van der Waals surface area contributed by atoms with E-state index in [4.69, 9.17) is 16.0 Å². The van der Waals surface area contributed by atoms with E-state index in [2.05, 4.69) is 10.3 Å². The number of aromatic nitrogens is 1. The molecule has 0 aliphatic heterocycles. The summed E-state index contributed by atoms with van der Waals surface area (Å²) in [6, 6.07) is 5.19. The topological polar surface area (TPSA) is 55.1 Å². The Balaban J connectivity index is 2.18. The second-order valence-electron chi connectivity index (χ2n) is 3.92. The van der Waals surface area contributed by atoms with Crippen LogP contribution in [0.3, 0.4) is 0 Å². The van der Waals surface area contributed by atoms with Crippen LogP contribution in [0.15, 0.2) is 28.8 Å². The summed E-state index contributed by atoms with van der Waals surface area (Å²) in [4.78, 5) is 15.9. The zero-order valence-corrected chi connectivity index (χ0v) is 10.9. The standard InChI is InChI=1S/C13H13ClN2O2/c1-3-9-4-5-11(18-9)13(17)16-10-6-8(2)7-15-12(10)14/h4-7H,3H2,1-2H3,(H,16,17). The van der Waals surface area contributed by atoms with Gasteiger partial charge in [0.05, 0.1) is 5.69 Å². The molecule has 2 aromatic rings. The molecule has 94 valence electrons. The van der Waals surface area contributed by atoms with Gasteiger partial charge in [-0.3, -0.25) is 4.79 Å². The van der Waals surface area contributed by atoms with Gasteiger partial charge in [0, 0.05) is 12.6 Å². The third-order valence-corrected chi connectivity index (χ3v) is 2.76. The molecule has 1 N–H and O–H groups in total. The maximum absolute atomic E-state index is 11.9. The van der Waals surface area contributed by atoms with Crippen LogP contribution in [0, 0.1) is 6.92 Å². The molecule has 18 heavy (non-hydrogen) atoms. The molecule has 0 spiro atoms. The first-order valence-corrected chi connectivity index (χ1v) is 6.00. The lowest BCUT2D eigenvalue weighted by Gasteiger charge is -2.05. The van der Waals surface area contributed by atoms with Crippen LogP contribution in [0.4, 0.5) is 5.69 Å². The number of amides is 1. The number of carbonyl (C=O) groups excluding carboxylic acids is 1. The first-order valence-electron chi connectivity index (χ1n) is 5.62. The van der Waals surface area contributed by atoms with E-state index in [-0.39, 0.29) is 16.8 Å². The molecule has 2 rings (SSSR count). The van der Waals surface area contributed by atoms with Gasteiger partial charge >= 0.3 is 0 Å². The third kappa shape index (κ3) is 2.71. The van der Waals surface area contributed by atoms with E-state index < -0.39 is 0 Å². The Morgan fingerprint density at radius 3 is 2.94 bits per heavy atom. The van der Waals surface area contributed by atoms with Crippen molar-refractivity contribution in [2.24, 2.45) is 0 Å². The Morgan fingerprint density at radius 2 is 2.28 bits per heavy atom. The minimum atomic E-state index is -0.330. The summed E-state index contributed by atoms with van der Waals surface area (Å²) in [5.74, 6) is 0.710. The number of nitrogens with one attached hydrogen (secondary N) is 1. The van der Waals surface area contributed by atoms with Gasteiger partial charge in [-0.05, 0) is 30.7 Å². The zero-order chi connectivity index (χ0) is 13.1. The van der Waals surface area contributed by atoms with Crippen LogP contribution in [0.2, 0.25) is 5.15 Å². The molecule has 0 unspecified atom stereocenters. The number of rotatable bonds is 3. The summed E-state index contributed by atoms with van der Waals surface area (Å²) < 4.78 is 5.36. The van der Waals surface area contributed by atoms with E-state index in [0.29, 0.717) is 5.69 Å². The van der Waals surface area contributed by atoms with Crippen LogP contribution >= 0.6 is 11.6 Å². The quantitative estimate of drug-likeness (QED) is 0.864. The monoisotopic (exact) mass is 264 g/mol. The van der Waals surface area contributed by atoms with E-state index >= 15 is 0 Å². The Kier molecular flexibility index (Phi) is 3.67. The minimum Gasteiger partial charge on any atom is -0.456 e. The lowest BCUT2D eigenvalue weighted by molar-refractivity contribution is 0.0995. The Bertz CT molecular complexity index is 578. The highest BCUT2D eigenvalue weighted by Crippen LogP contribution is 2.21. The number of halogens is 1. The molecule has 4 nitrogen and oxygen atoms in total. The van der Waals surface area contributed by atoms with Gasteiger partial charge in [0.1, 0.15) is 5.76 Å². The second-order valence-corrected chi connectivity index (χ2v) is 4.28. The van der Waals surface area contributed by atoms with Crippen molar-refractivity contribution in [2.75, 3.05) is 5.32 Å². The molecular formula is C13H13ClN2O2. The fourth-order valence-electron chi connectivity index (χ4n) is 1.51. The fourth-order valence-corrected chi connectivity index (χ4v) is 1.66. The molecule has 0 aliphatic carbocycles. The maximum atomic E-state index is 11.9. The van der Waals surface area contributed by atoms with Crippen molar-refractivity contribution in [1.29, 1.82) is 0 Å². The number of nitrogens with zero attached hydrogens (tertiary/aromatic N) is 1. The second kappa shape index (κ2) is 5.23. The van der Waals surface area contributed by atoms with Gasteiger partial charge in [0.25, 0.3) is 5.91 Å². The number of hydrogen-bond acceptors (Lipinski definition) is 3. The smallest absolute Gasteiger partial charge is 0.291 e. The van der Waals surface area contributed by atoms with Crippen molar-refractivity contribution < 1.29 is 9.21 Å². The van der Waals surface area contributed by atoms with Gasteiger partial charge in [-0.1, -0.05) is 18.5 Å². The van der Waals surface area contributed by atoms with Crippen molar-refractivity contribution in [1.82, 2.24) is 4.98 Å². The summed E-state index contributed by atoms with van der Waals surface area (Å²) in [6.45, 7) is 3.84. The molecular weight excluding hydrogens is 252 g/mol. The van der Waals surface area contributed by atoms with Gasteiger partial charge in [0.15, 0.2) is 10.9 Å². The highest BCUT2D eigenvalue weighted by Gasteiger charge is 2.13. The number of anilines is 1. The largest absolute Gasteiger partial charge is 0.456 e. The van der Waals surface area contributed by atoms with Crippen LogP contribution < -0.4 is 5.32 Å². The molecule has 0 bridgehead atoms. The molecule has 0 saturated heterocycles. The summed E-state index contributed by atoms with van der Waals surface area (Å²) in [7, 11) is 0. The number of carbonyl (C=O) groups is 1. The first kappa shape index (κ1) is 12.6. The molecule has 0 saturated carbocycles. The van der Waals surface area contributed by atoms with Crippen molar-refractivity contribution >= 4 is 23.2 Å². The molecule has 0 aromatic carbocycles. The third-order valence-electron chi connectivity index (χ3n) is 2.46. The predicted molar refractivity (Wildman–Crippen MR) is 70.0 cm³/mol. The van der Waals surface area contributed by atoms with Crippen molar-refractivity contribution in [3.63, 3.8) is 0 Å². The van der Waals surface area contributed by atoms with E-state index in [0.717, 1.165) is 17.7 Å². The number of hydrogen-bond donors (Lipinski definition) is 1. The van der Waals surface area contributed by atoms with Crippen LogP contribution in [0.1, 0.15) is 28.8 Å². The Hall–Kier alpha value is -1.81. The van der Waals surface area contributed by atoms with E-state index in [9.17, 15) is 4.79 Å². The summed E-state index contributed by atoms with van der Waals surface area (Å²) in [6.07, 6.45) is 2.39. The van der Waals surface area contributed by atoms with Gasteiger partial charge in [-0.15, -0.1) is 0 Å². The molecule has 2 aromatic heterocycles. The first-order chi connectivity index (χ1) is 8.60. The lowest BCUT2D eigenvalue weighted by Crippen LogP contribution is -2.11. The predicted octanol–water partition coefficient (Wildman–Crippen LogP) is 3.45. The SMILES string of the molecule is CCc1ccc(C(=O)Nc2cc(C)cnc2Cl)o1. The van der Waals surface area contributed by atoms with Gasteiger partial charge in [0.2, 0.25) is 0 Å². The number of pyridine rings is 1. The minimum absolute atomic E-state index is 0.260. The van der Waals surface area contributed by atoms with Crippen LogP contribution in [-0.4, -0.2) is 10.9 Å². The van der Waals surface area contributed by atoms with Crippen LogP contribution in [0.5, 0.6) is 0 Å². The highest BCUT2D eigenvalue weighted by atomic mass is 35.5. The zero-order valence-electron chi connectivity index (χ0n) is 10.2. The molecule has 5 heteroatoms. The average Bonchev–Trinajstić information content (AvgIpc) is 2.82. The summed E-state index contributed by atoms with van der Waals surface area (Å²) >= 11 is 5.90. The van der Waals surface area contributed by atoms with E-state index in [1.807, 2.05) is 13.8 Å². The van der Waals surface area contributed by atoms with Gasteiger partial charge < -0.3 is 9.73 Å². The van der Waals surface area contributed by atoms with E-state index in [1.165, 1.54) is 0 Å². The summed E-state index contributed by atoms with van der Waals surface area (Å²) in [5.41, 5.74) is 1.40. The highest BCUT2D eigenvalue weighted by molar-refractivity contribution is 6.32. The molecule has 0 atom stereocenters. The van der Waals surface area contributed by atoms with Gasteiger partial charge in [-0.2, -0.15) is 0 Å². The molecule has 0 fully saturated rings. The van der Waals surface area contributed by atoms with Crippen molar-refractivity contribution in [3.8, 4) is 0 Å². The average molecular weight is 265 g/mol. The summed E-state index contributed by atoms with van der Waals surface area (Å²) in [5, 5.41) is 2.94. The molecule has 2 heterocycles. The Morgan fingerprint density at radius 1 is 1.50 bits per heavy atom. The van der Waals surface area contributed by atoms with Crippen molar-refractivity contribution in [2.45, 2.75) is 20.3 Å². The molecule has 1 amide bonds. The van der Waals surface area contributed by atoms with Crippen LogP contribution in [0.25, 0.3) is 0 Å². The lowest BCUT2D eigenvalue weighted by atomic mass is 10.3. The van der Waals surface area contributed by atoms with E-state index in [1.54, 1.807) is 24.4 Å². The maximum Gasteiger partial charge on any atom is 0.291 e. The van der Waals surface area contributed by atoms with Gasteiger partial charge in [-0.25, -0.2) is 4.98 Å². The van der Waals surface area contributed by atoms with Crippen LogP contribution in [-0.2, 0) is 6.42 Å². The van der Waals surface area contributed by atoms with Crippen molar-refractivity contribution in [3.05, 3.63) is 46.6 Å². The number of aryl methyl sites for hydroxylation is 2. The fraction of sp³-hybridized carbons (Fsp3) is 0.231. The normalized spacial score (nSPS) is 10.4. The molecule has 0 aliphatic rings.